The van der Waals surface area contributed by atoms with E-state index in [1.807, 2.05) is 66.7 Å². The van der Waals surface area contributed by atoms with Crippen LogP contribution in [0.5, 0.6) is 0 Å². The van der Waals surface area contributed by atoms with Gasteiger partial charge in [-0.25, -0.2) is 0 Å². The van der Waals surface area contributed by atoms with E-state index in [0.29, 0.717) is 5.57 Å². The second-order valence-corrected chi connectivity index (χ2v) is 7.35. The molecular formula is C24H17ClN2O. The average Bonchev–Trinajstić information content (AvgIpc) is 3.22. The molecule has 0 fully saturated rings. The lowest BCUT2D eigenvalue weighted by Crippen LogP contribution is -2.03. The highest BCUT2D eigenvalue weighted by molar-refractivity contribution is 6.35. The first-order chi connectivity index (χ1) is 13.7. The van der Waals surface area contributed by atoms with E-state index in [4.69, 9.17) is 11.6 Å². The van der Waals surface area contributed by atoms with Gasteiger partial charge in [0.2, 0.25) is 0 Å². The Labute approximate surface area is 167 Å². The van der Waals surface area contributed by atoms with Gasteiger partial charge in [0.25, 0.3) is 5.91 Å². The van der Waals surface area contributed by atoms with Crippen molar-refractivity contribution in [3.63, 3.8) is 0 Å². The first kappa shape index (κ1) is 16.8. The highest BCUT2D eigenvalue weighted by Gasteiger charge is 2.23. The third kappa shape index (κ3) is 2.90. The summed E-state index contributed by atoms with van der Waals surface area (Å²) >= 11 is 6.01. The Hall–Kier alpha value is -3.30. The summed E-state index contributed by atoms with van der Waals surface area (Å²) < 4.78 is 2.21. The number of fused-ring (bicyclic) bond motifs is 2. The first-order valence-electron chi connectivity index (χ1n) is 9.14. The van der Waals surface area contributed by atoms with E-state index in [2.05, 4.69) is 28.2 Å². The summed E-state index contributed by atoms with van der Waals surface area (Å²) in [5.74, 6) is -0.0595. The minimum Gasteiger partial charge on any atom is -0.342 e. The standard InChI is InChI=1S/C24H17ClN2O/c25-18-11-9-16(10-12-18)14-27-15-17(19-5-2-4-8-23(19)27)13-21-20-6-1-3-7-22(20)26-24(21)28/h1-13,15H,14H2,(H,26,28)/b21-13+. The summed E-state index contributed by atoms with van der Waals surface area (Å²) in [6.07, 6.45) is 4.10. The van der Waals surface area contributed by atoms with Gasteiger partial charge in [0.15, 0.2) is 0 Å². The van der Waals surface area contributed by atoms with Crippen molar-refractivity contribution in [2.24, 2.45) is 0 Å². The smallest absolute Gasteiger partial charge is 0.256 e. The molecule has 3 aromatic carbocycles. The Morgan fingerprint density at radius 3 is 2.54 bits per heavy atom. The number of benzene rings is 3. The molecule has 0 aliphatic carbocycles. The lowest BCUT2D eigenvalue weighted by atomic mass is 10.0. The molecule has 28 heavy (non-hydrogen) atoms. The van der Waals surface area contributed by atoms with E-state index in [1.165, 1.54) is 5.56 Å². The molecule has 5 rings (SSSR count). The van der Waals surface area contributed by atoms with Crippen molar-refractivity contribution in [1.82, 2.24) is 4.57 Å². The molecule has 0 radical (unpaired) electrons. The summed E-state index contributed by atoms with van der Waals surface area (Å²) in [6.45, 7) is 0.740. The number of nitrogens with zero attached hydrogens (tertiary/aromatic N) is 1. The summed E-state index contributed by atoms with van der Waals surface area (Å²) in [5, 5.41) is 4.80. The molecule has 0 atom stereocenters. The Kier molecular flexibility index (Phi) is 4.03. The van der Waals surface area contributed by atoms with Gasteiger partial charge in [-0.15, -0.1) is 0 Å². The number of para-hydroxylation sites is 2. The van der Waals surface area contributed by atoms with Crippen LogP contribution in [0, 0.1) is 0 Å². The maximum atomic E-state index is 12.5. The third-order valence-corrected chi connectivity index (χ3v) is 5.35. The van der Waals surface area contributed by atoms with Crippen molar-refractivity contribution >= 4 is 45.7 Å². The molecule has 1 amide bonds. The topological polar surface area (TPSA) is 34.0 Å². The average molecular weight is 385 g/mol. The summed E-state index contributed by atoms with van der Waals surface area (Å²) in [4.78, 5) is 12.5. The minimum atomic E-state index is -0.0595. The van der Waals surface area contributed by atoms with Gasteiger partial charge >= 0.3 is 0 Å². The number of aromatic nitrogens is 1. The van der Waals surface area contributed by atoms with Gasteiger partial charge < -0.3 is 9.88 Å². The lowest BCUT2D eigenvalue weighted by molar-refractivity contribution is -0.110. The SMILES string of the molecule is O=C1Nc2ccccc2/C1=C\c1cn(Cc2ccc(Cl)cc2)c2ccccc12. The van der Waals surface area contributed by atoms with Gasteiger partial charge in [-0.2, -0.15) is 0 Å². The number of anilines is 1. The van der Waals surface area contributed by atoms with Crippen LogP contribution in [0.15, 0.2) is 79.0 Å². The summed E-state index contributed by atoms with van der Waals surface area (Å²) in [7, 11) is 0. The molecule has 1 aliphatic heterocycles. The number of rotatable bonds is 3. The van der Waals surface area contributed by atoms with Crippen molar-refractivity contribution < 1.29 is 4.79 Å². The predicted octanol–water partition coefficient (Wildman–Crippen LogP) is 5.84. The van der Waals surface area contributed by atoms with Crippen LogP contribution in [0.25, 0.3) is 22.6 Å². The quantitative estimate of drug-likeness (QED) is 0.442. The second kappa shape index (κ2) is 6.70. The molecule has 136 valence electrons. The second-order valence-electron chi connectivity index (χ2n) is 6.91. The van der Waals surface area contributed by atoms with Gasteiger partial charge in [0, 0.05) is 51.1 Å². The number of halogens is 1. The number of hydrogen-bond acceptors (Lipinski definition) is 1. The van der Waals surface area contributed by atoms with Crippen LogP contribution in [0.4, 0.5) is 5.69 Å². The van der Waals surface area contributed by atoms with Gasteiger partial charge in [-0.1, -0.05) is 60.1 Å². The molecule has 2 heterocycles. The minimum absolute atomic E-state index is 0.0595. The van der Waals surface area contributed by atoms with Gasteiger partial charge in [0.05, 0.1) is 0 Å². The molecule has 1 aromatic heterocycles. The highest BCUT2D eigenvalue weighted by Crippen LogP contribution is 2.34. The van der Waals surface area contributed by atoms with Crippen molar-refractivity contribution in [2.45, 2.75) is 6.54 Å². The Balaban J connectivity index is 1.61. The van der Waals surface area contributed by atoms with Gasteiger partial charge in [-0.05, 0) is 35.9 Å². The molecule has 1 aliphatic rings. The van der Waals surface area contributed by atoms with Crippen LogP contribution in [0.2, 0.25) is 5.02 Å². The lowest BCUT2D eigenvalue weighted by Gasteiger charge is -2.05. The molecule has 0 saturated heterocycles. The molecular weight excluding hydrogens is 368 g/mol. The number of carbonyl (C=O) groups excluding carboxylic acids is 1. The van der Waals surface area contributed by atoms with Crippen LogP contribution in [-0.2, 0) is 11.3 Å². The zero-order valence-corrected chi connectivity index (χ0v) is 15.8. The molecule has 0 spiro atoms. The molecule has 0 saturated carbocycles. The van der Waals surface area contributed by atoms with Crippen molar-refractivity contribution in [1.29, 1.82) is 0 Å². The molecule has 1 N–H and O–H groups in total. The largest absolute Gasteiger partial charge is 0.342 e. The van der Waals surface area contributed by atoms with Crippen LogP contribution in [0.3, 0.4) is 0 Å². The fourth-order valence-corrected chi connectivity index (χ4v) is 3.87. The van der Waals surface area contributed by atoms with E-state index in [-0.39, 0.29) is 5.91 Å². The molecule has 0 unspecified atom stereocenters. The fourth-order valence-electron chi connectivity index (χ4n) is 3.75. The Bertz CT molecular complexity index is 1240. The zero-order valence-electron chi connectivity index (χ0n) is 15.0. The Morgan fingerprint density at radius 2 is 1.68 bits per heavy atom. The van der Waals surface area contributed by atoms with Crippen LogP contribution in [0.1, 0.15) is 16.7 Å². The van der Waals surface area contributed by atoms with Crippen LogP contribution < -0.4 is 5.32 Å². The number of amides is 1. The van der Waals surface area contributed by atoms with E-state index >= 15 is 0 Å². The van der Waals surface area contributed by atoms with Crippen molar-refractivity contribution in [3.05, 3.63) is 101 Å². The van der Waals surface area contributed by atoms with E-state index in [0.717, 1.165) is 39.3 Å². The van der Waals surface area contributed by atoms with E-state index in [1.54, 1.807) is 0 Å². The molecule has 3 nitrogen and oxygen atoms in total. The number of hydrogen-bond donors (Lipinski definition) is 1. The normalized spacial score (nSPS) is 14.5. The van der Waals surface area contributed by atoms with Crippen LogP contribution in [-0.4, -0.2) is 10.5 Å². The highest BCUT2D eigenvalue weighted by atomic mass is 35.5. The molecule has 0 bridgehead atoms. The predicted molar refractivity (Wildman–Crippen MR) is 115 cm³/mol. The third-order valence-electron chi connectivity index (χ3n) is 5.10. The number of carbonyl (C=O) groups is 1. The van der Waals surface area contributed by atoms with Gasteiger partial charge in [-0.3, -0.25) is 4.79 Å². The molecule has 4 heteroatoms. The fraction of sp³-hybridized carbons (Fsp3) is 0.0417. The maximum absolute atomic E-state index is 12.5. The first-order valence-corrected chi connectivity index (χ1v) is 9.51. The Morgan fingerprint density at radius 1 is 0.929 bits per heavy atom. The monoisotopic (exact) mass is 384 g/mol. The van der Waals surface area contributed by atoms with E-state index in [9.17, 15) is 4.79 Å². The number of nitrogens with one attached hydrogen (secondary N) is 1. The zero-order chi connectivity index (χ0) is 19.1. The summed E-state index contributed by atoms with van der Waals surface area (Å²) in [5.41, 5.74) is 5.85. The van der Waals surface area contributed by atoms with E-state index < -0.39 is 0 Å². The van der Waals surface area contributed by atoms with Crippen molar-refractivity contribution in [3.8, 4) is 0 Å². The molecule has 4 aromatic rings. The van der Waals surface area contributed by atoms with Gasteiger partial charge in [0.1, 0.15) is 0 Å². The van der Waals surface area contributed by atoms with Crippen LogP contribution >= 0.6 is 11.6 Å². The summed E-state index contributed by atoms with van der Waals surface area (Å²) in [6, 6.07) is 24.0. The van der Waals surface area contributed by atoms with Crippen molar-refractivity contribution in [2.75, 3.05) is 5.32 Å². The maximum Gasteiger partial charge on any atom is 0.256 e.